The molecule has 17 heavy (non-hydrogen) atoms. The summed E-state index contributed by atoms with van der Waals surface area (Å²) >= 11 is 0. The molecule has 1 fully saturated rings. The summed E-state index contributed by atoms with van der Waals surface area (Å²) in [4.78, 5) is 24.2. The summed E-state index contributed by atoms with van der Waals surface area (Å²) in [6.45, 7) is 3.72. The van der Waals surface area contributed by atoms with Crippen LogP contribution in [0, 0.1) is 0 Å². The maximum Gasteiger partial charge on any atom is 0.329 e. The Labute approximate surface area is 99.8 Å². The van der Waals surface area contributed by atoms with Crippen LogP contribution >= 0.6 is 0 Å². The molecule has 0 atom stereocenters. The average Bonchev–Trinajstić information content (AvgIpc) is 2.67. The molecular formula is C12H15N3O2. The minimum atomic E-state index is -0.351. The van der Waals surface area contributed by atoms with Crippen LogP contribution in [0.15, 0.2) is 24.3 Å². The number of rotatable bonds is 4. The fraction of sp³-hybridized carbons (Fsp3) is 0.333. The predicted octanol–water partition coefficient (Wildman–Crippen LogP) is 0.852. The fourth-order valence-corrected chi connectivity index (χ4v) is 1.76. The zero-order chi connectivity index (χ0) is 12.3. The zero-order valence-corrected chi connectivity index (χ0v) is 9.69. The third kappa shape index (κ3) is 2.45. The van der Waals surface area contributed by atoms with Gasteiger partial charge in [0.2, 0.25) is 0 Å². The van der Waals surface area contributed by atoms with E-state index in [1.807, 2.05) is 25.1 Å². The Morgan fingerprint density at radius 2 is 2.24 bits per heavy atom. The van der Waals surface area contributed by atoms with Gasteiger partial charge in [0, 0.05) is 6.54 Å². The van der Waals surface area contributed by atoms with Crippen LogP contribution in [-0.4, -0.2) is 25.0 Å². The summed E-state index contributed by atoms with van der Waals surface area (Å²) in [5.41, 5.74) is 1.68. The van der Waals surface area contributed by atoms with Crippen LogP contribution in [0.1, 0.15) is 12.5 Å². The monoisotopic (exact) mass is 233 g/mol. The predicted molar refractivity (Wildman–Crippen MR) is 64.7 cm³/mol. The Balaban J connectivity index is 2.20. The molecule has 1 aliphatic heterocycles. The van der Waals surface area contributed by atoms with Crippen molar-refractivity contribution in [2.45, 2.75) is 13.5 Å². The van der Waals surface area contributed by atoms with Gasteiger partial charge in [0.25, 0.3) is 5.91 Å². The van der Waals surface area contributed by atoms with E-state index in [1.165, 1.54) is 4.90 Å². The van der Waals surface area contributed by atoms with Crippen LogP contribution in [0.25, 0.3) is 0 Å². The third-order valence-electron chi connectivity index (χ3n) is 2.59. The first kappa shape index (κ1) is 11.6. The highest BCUT2D eigenvalue weighted by molar-refractivity contribution is 6.19. The molecule has 90 valence electrons. The Morgan fingerprint density at radius 1 is 1.41 bits per heavy atom. The molecule has 2 rings (SSSR count). The van der Waals surface area contributed by atoms with Gasteiger partial charge in [-0.15, -0.1) is 0 Å². The van der Waals surface area contributed by atoms with Crippen molar-refractivity contribution in [3.05, 3.63) is 29.8 Å². The number of hydrogen-bond donors (Lipinski definition) is 2. The molecule has 0 unspecified atom stereocenters. The normalized spacial score (nSPS) is 15.2. The van der Waals surface area contributed by atoms with E-state index in [2.05, 4.69) is 10.6 Å². The molecule has 0 aliphatic carbocycles. The largest absolute Gasteiger partial charge is 0.329 e. The maximum absolute atomic E-state index is 11.5. The van der Waals surface area contributed by atoms with Crippen LogP contribution in [0.3, 0.4) is 0 Å². The third-order valence-corrected chi connectivity index (χ3v) is 2.59. The minimum absolute atomic E-state index is 0.0796. The Kier molecular flexibility index (Phi) is 3.39. The number of benzene rings is 1. The molecule has 2 N–H and O–H groups in total. The minimum Gasteiger partial charge on any atom is -0.328 e. The van der Waals surface area contributed by atoms with Gasteiger partial charge in [-0.05, 0) is 24.2 Å². The summed E-state index contributed by atoms with van der Waals surface area (Å²) in [7, 11) is 0. The molecule has 0 saturated carbocycles. The van der Waals surface area contributed by atoms with E-state index in [4.69, 9.17) is 0 Å². The van der Waals surface area contributed by atoms with E-state index in [0.717, 1.165) is 18.7 Å². The Hall–Kier alpha value is -1.88. The van der Waals surface area contributed by atoms with E-state index in [0.29, 0.717) is 5.69 Å². The molecular weight excluding hydrogens is 218 g/mol. The summed E-state index contributed by atoms with van der Waals surface area (Å²) in [6, 6.07) is 7.07. The number of amides is 3. The first-order valence-electron chi connectivity index (χ1n) is 5.63. The van der Waals surface area contributed by atoms with Crippen LogP contribution < -0.4 is 15.5 Å². The SMILES string of the molecule is CCNCc1cccc(N2C(=O)CNC2=O)c1. The first-order chi connectivity index (χ1) is 8.22. The van der Waals surface area contributed by atoms with E-state index in [9.17, 15) is 9.59 Å². The van der Waals surface area contributed by atoms with Crippen molar-refractivity contribution in [3.8, 4) is 0 Å². The lowest BCUT2D eigenvalue weighted by atomic mass is 10.2. The van der Waals surface area contributed by atoms with E-state index in [1.54, 1.807) is 6.07 Å². The smallest absolute Gasteiger partial charge is 0.328 e. The van der Waals surface area contributed by atoms with Crippen LogP contribution in [-0.2, 0) is 11.3 Å². The molecule has 1 heterocycles. The molecule has 1 aromatic rings. The summed E-state index contributed by atoms with van der Waals surface area (Å²) in [5.74, 6) is -0.212. The van der Waals surface area contributed by atoms with E-state index < -0.39 is 0 Å². The summed E-state index contributed by atoms with van der Waals surface area (Å²) < 4.78 is 0. The second kappa shape index (κ2) is 4.97. The second-order valence-electron chi connectivity index (χ2n) is 3.84. The van der Waals surface area contributed by atoms with Gasteiger partial charge in [-0.3, -0.25) is 4.79 Å². The lowest BCUT2D eigenvalue weighted by molar-refractivity contribution is -0.115. The number of anilines is 1. The lowest BCUT2D eigenvalue weighted by Gasteiger charge is -2.13. The van der Waals surface area contributed by atoms with Gasteiger partial charge >= 0.3 is 6.03 Å². The number of urea groups is 1. The lowest BCUT2D eigenvalue weighted by Crippen LogP contribution is -2.30. The number of carbonyl (C=O) groups is 2. The van der Waals surface area contributed by atoms with Crippen molar-refractivity contribution in [2.75, 3.05) is 18.0 Å². The Morgan fingerprint density at radius 3 is 2.88 bits per heavy atom. The number of nitrogens with zero attached hydrogens (tertiary/aromatic N) is 1. The van der Waals surface area contributed by atoms with Crippen LogP contribution in [0.4, 0.5) is 10.5 Å². The number of carbonyl (C=O) groups excluding carboxylic acids is 2. The highest BCUT2D eigenvalue weighted by Gasteiger charge is 2.29. The van der Waals surface area contributed by atoms with Crippen molar-refractivity contribution in [1.29, 1.82) is 0 Å². The van der Waals surface area contributed by atoms with Gasteiger partial charge in [-0.1, -0.05) is 19.1 Å². The van der Waals surface area contributed by atoms with E-state index in [-0.39, 0.29) is 18.5 Å². The quantitative estimate of drug-likeness (QED) is 0.758. The molecule has 1 saturated heterocycles. The summed E-state index contributed by atoms with van der Waals surface area (Å²) in [5, 5.41) is 5.70. The van der Waals surface area contributed by atoms with Crippen molar-refractivity contribution in [3.63, 3.8) is 0 Å². The molecule has 5 nitrogen and oxygen atoms in total. The molecule has 0 radical (unpaired) electrons. The van der Waals surface area contributed by atoms with Gasteiger partial charge < -0.3 is 10.6 Å². The topological polar surface area (TPSA) is 61.4 Å². The second-order valence-corrected chi connectivity index (χ2v) is 3.84. The maximum atomic E-state index is 11.5. The Bertz CT molecular complexity index is 429. The standard InChI is InChI=1S/C12H15N3O2/c1-2-13-7-9-4-3-5-10(6-9)15-11(16)8-14-12(15)17/h3-6,13H,2,7-8H2,1H3,(H,14,17). The molecule has 1 aromatic carbocycles. The number of hydrogen-bond acceptors (Lipinski definition) is 3. The molecule has 0 aromatic heterocycles. The first-order valence-corrected chi connectivity index (χ1v) is 5.63. The van der Waals surface area contributed by atoms with Crippen LogP contribution in [0.2, 0.25) is 0 Å². The van der Waals surface area contributed by atoms with Crippen LogP contribution in [0.5, 0.6) is 0 Å². The van der Waals surface area contributed by atoms with Crippen molar-refractivity contribution >= 4 is 17.6 Å². The highest BCUT2D eigenvalue weighted by atomic mass is 16.2. The number of nitrogens with one attached hydrogen (secondary N) is 2. The molecule has 1 aliphatic rings. The molecule has 0 bridgehead atoms. The van der Waals surface area contributed by atoms with E-state index >= 15 is 0 Å². The molecule has 5 heteroatoms. The number of imide groups is 1. The van der Waals surface area contributed by atoms with Crippen molar-refractivity contribution in [2.24, 2.45) is 0 Å². The average molecular weight is 233 g/mol. The molecule has 0 spiro atoms. The van der Waals surface area contributed by atoms with Gasteiger partial charge in [-0.25, -0.2) is 9.69 Å². The van der Waals surface area contributed by atoms with Crippen molar-refractivity contribution < 1.29 is 9.59 Å². The summed E-state index contributed by atoms with van der Waals surface area (Å²) in [6.07, 6.45) is 0. The highest BCUT2D eigenvalue weighted by Crippen LogP contribution is 2.18. The van der Waals surface area contributed by atoms with Crippen molar-refractivity contribution in [1.82, 2.24) is 10.6 Å². The van der Waals surface area contributed by atoms with Gasteiger partial charge in [0.1, 0.15) is 0 Å². The van der Waals surface area contributed by atoms with Gasteiger partial charge in [0.05, 0.1) is 12.2 Å². The molecule has 3 amide bonds. The zero-order valence-electron chi connectivity index (χ0n) is 9.69. The fourth-order valence-electron chi connectivity index (χ4n) is 1.76. The van der Waals surface area contributed by atoms with Gasteiger partial charge in [0.15, 0.2) is 0 Å². The van der Waals surface area contributed by atoms with Gasteiger partial charge in [-0.2, -0.15) is 0 Å².